The van der Waals surface area contributed by atoms with Gasteiger partial charge in [0, 0.05) is 48.4 Å². The monoisotopic (exact) mass is 548 g/mol. The molecule has 7 rings (SSSR count). The summed E-state index contributed by atoms with van der Waals surface area (Å²) >= 11 is 0. The summed E-state index contributed by atoms with van der Waals surface area (Å²) in [6.45, 7) is 2.85. The van der Waals surface area contributed by atoms with Gasteiger partial charge in [-0.25, -0.2) is 9.97 Å². The second kappa shape index (κ2) is 11.5. The topological polar surface area (TPSA) is 83.8 Å². The van der Waals surface area contributed by atoms with Gasteiger partial charge in [0.05, 0.1) is 0 Å². The van der Waals surface area contributed by atoms with Gasteiger partial charge in [-0.2, -0.15) is 0 Å². The van der Waals surface area contributed by atoms with Crippen molar-refractivity contribution in [2.75, 3.05) is 36.0 Å². The van der Waals surface area contributed by atoms with Crippen molar-refractivity contribution in [3.05, 3.63) is 121 Å². The van der Waals surface area contributed by atoms with E-state index < -0.39 is 0 Å². The van der Waals surface area contributed by atoms with E-state index in [4.69, 9.17) is 9.97 Å². The van der Waals surface area contributed by atoms with E-state index in [9.17, 15) is 0 Å². The Morgan fingerprint density at radius 2 is 0.619 bits per heavy atom. The normalized spacial score (nSPS) is 13.2. The number of piperazine rings is 1. The third-order valence-corrected chi connectivity index (χ3v) is 7.39. The molecule has 8 nitrogen and oxygen atoms in total. The minimum atomic E-state index is 0.622. The summed E-state index contributed by atoms with van der Waals surface area (Å²) in [6, 6.07) is 40.5. The largest absolute Gasteiger partial charge is 0.336 e. The summed E-state index contributed by atoms with van der Waals surface area (Å²) in [5, 5.41) is 18.4. The molecule has 2 aromatic heterocycles. The Kier molecular flexibility index (Phi) is 7.00. The highest BCUT2D eigenvalue weighted by atomic mass is 15.4. The van der Waals surface area contributed by atoms with Crippen molar-refractivity contribution < 1.29 is 0 Å². The van der Waals surface area contributed by atoms with Crippen LogP contribution < -0.4 is 9.80 Å². The second-order valence-electron chi connectivity index (χ2n) is 10.1. The van der Waals surface area contributed by atoms with Gasteiger partial charge in [-0.3, -0.25) is 0 Å². The molecule has 1 fully saturated rings. The Morgan fingerprint density at radius 1 is 0.333 bits per heavy atom. The highest BCUT2D eigenvalue weighted by Gasteiger charge is 2.24. The Balaban J connectivity index is 1.16. The number of anilines is 2. The van der Waals surface area contributed by atoms with Crippen LogP contribution in [0.3, 0.4) is 0 Å². The van der Waals surface area contributed by atoms with Crippen LogP contribution in [0.15, 0.2) is 121 Å². The molecule has 0 bridgehead atoms. The number of nitrogens with zero attached hydrogens (tertiary/aromatic N) is 8. The van der Waals surface area contributed by atoms with Crippen LogP contribution in [0.25, 0.3) is 45.0 Å². The molecule has 204 valence electrons. The predicted octanol–water partition coefficient (Wildman–Crippen LogP) is 6.05. The fourth-order valence-electron chi connectivity index (χ4n) is 5.18. The molecule has 0 saturated carbocycles. The summed E-state index contributed by atoms with van der Waals surface area (Å²) in [5.41, 5.74) is 7.20. The van der Waals surface area contributed by atoms with Crippen LogP contribution >= 0.6 is 0 Å². The molecule has 8 heteroatoms. The average Bonchev–Trinajstić information content (AvgIpc) is 3.09. The van der Waals surface area contributed by atoms with E-state index >= 15 is 0 Å². The molecule has 0 aliphatic carbocycles. The van der Waals surface area contributed by atoms with Crippen molar-refractivity contribution in [2.24, 2.45) is 0 Å². The van der Waals surface area contributed by atoms with Gasteiger partial charge in [0.25, 0.3) is 0 Å². The molecule has 1 aliphatic rings. The number of rotatable bonds is 6. The number of hydrogen-bond acceptors (Lipinski definition) is 8. The molecule has 42 heavy (non-hydrogen) atoms. The SMILES string of the molecule is c1ccc(-c2nnc(N3CCN(c4nnc(-c5ccccc5)c(-c5ccccc5)n4)CC3)nc2-c2ccccc2)cc1. The molecule has 4 aromatic carbocycles. The van der Waals surface area contributed by atoms with Crippen LogP contribution in [0.1, 0.15) is 0 Å². The lowest BCUT2D eigenvalue weighted by Gasteiger charge is -2.34. The summed E-state index contributed by atoms with van der Waals surface area (Å²) < 4.78 is 0. The summed E-state index contributed by atoms with van der Waals surface area (Å²) in [7, 11) is 0. The van der Waals surface area contributed by atoms with Gasteiger partial charge in [0.1, 0.15) is 22.8 Å². The lowest BCUT2D eigenvalue weighted by molar-refractivity contribution is 0.620. The van der Waals surface area contributed by atoms with Gasteiger partial charge in [-0.1, -0.05) is 121 Å². The minimum Gasteiger partial charge on any atom is -0.336 e. The molecular formula is C34H28N8. The molecule has 1 aliphatic heterocycles. The summed E-state index contributed by atoms with van der Waals surface area (Å²) in [6.07, 6.45) is 0. The maximum atomic E-state index is 5.03. The zero-order valence-corrected chi connectivity index (χ0v) is 23.0. The van der Waals surface area contributed by atoms with Crippen LogP contribution in [0.2, 0.25) is 0 Å². The molecule has 0 radical (unpaired) electrons. The third-order valence-electron chi connectivity index (χ3n) is 7.39. The van der Waals surface area contributed by atoms with E-state index in [0.29, 0.717) is 38.1 Å². The van der Waals surface area contributed by atoms with Crippen LogP contribution in [-0.4, -0.2) is 56.5 Å². The Morgan fingerprint density at radius 3 is 0.929 bits per heavy atom. The Bertz CT molecular complexity index is 1640. The first kappa shape index (κ1) is 25.5. The van der Waals surface area contributed by atoms with Crippen molar-refractivity contribution in [1.29, 1.82) is 0 Å². The molecular weight excluding hydrogens is 520 g/mol. The molecule has 0 unspecified atom stereocenters. The predicted molar refractivity (Wildman–Crippen MR) is 166 cm³/mol. The fourth-order valence-corrected chi connectivity index (χ4v) is 5.18. The standard InChI is InChI=1S/C34H28N8/c1-5-13-25(14-6-1)29-31(27-17-9-3-10-18-27)37-39-33(35-29)41-21-23-42(24-22-41)34-36-30(26-15-7-2-8-16-26)32(38-40-34)28-19-11-4-12-20-28/h1-20H,21-24H2. The van der Waals surface area contributed by atoms with Crippen molar-refractivity contribution in [2.45, 2.75) is 0 Å². The first-order chi connectivity index (χ1) is 20.8. The summed E-state index contributed by atoms with van der Waals surface area (Å²) in [5.74, 6) is 1.24. The number of hydrogen-bond donors (Lipinski definition) is 0. The Hall–Kier alpha value is -5.50. The van der Waals surface area contributed by atoms with Crippen LogP contribution in [-0.2, 0) is 0 Å². The molecule has 0 spiro atoms. The minimum absolute atomic E-state index is 0.622. The molecule has 0 atom stereocenters. The molecule has 0 N–H and O–H groups in total. The second-order valence-corrected chi connectivity index (χ2v) is 10.1. The van der Waals surface area contributed by atoms with Gasteiger partial charge in [-0.05, 0) is 0 Å². The fraction of sp³-hybridized carbons (Fsp3) is 0.118. The quantitative estimate of drug-likeness (QED) is 0.249. The van der Waals surface area contributed by atoms with E-state index in [-0.39, 0.29) is 0 Å². The number of benzene rings is 4. The maximum Gasteiger partial charge on any atom is 0.246 e. The zero-order valence-electron chi connectivity index (χ0n) is 23.0. The van der Waals surface area contributed by atoms with E-state index in [0.717, 1.165) is 45.0 Å². The smallest absolute Gasteiger partial charge is 0.246 e. The molecule has 1 saturated heterocycles. The van der Waals surface area contributed by atoms with Gasteiger partial charge in [0.2, 0.25) is 11.9 Å². The third kappa shape index (κ3) is 5.17. The lowest BCUT2D eigenvalue weighted by atomic mass is 10.0. The molecule has 6 aromatic rings. The number of aromatic nitrogens is 6. The van der Waals surface area contributed by atoms with Crippen molar-refractivity contribution in [1.82, 2.24) is 30.4 Å². The van der Waals surface area contributed by atoms with E-state index in [1.807, 2.05) is 97.1 Å². The van der Waals surface area contributed by atoms with Gasteiger partial charge >= 0.3 is 0 Å². The highest BCUT2D eigenvalue weighted by Crippen LogP contribution is 2.31. The first-order valence-electron chi connectivity index (χ1n) is 14.0. The van der Waals surface area contributed by atoms with E-state index in [2.05, 4.69) is 54.5 Å². The van der Waals surface area contributed by atoms with Crippen molar-refractivity contribution in [3.8, 4) is 45.0 Å². The Labute approximate surface area is 244 Å². The first-order valence-corrected chi connectivity index (χ1v) is 14.0. The van der Waals surface area contributed by atoms with Crippen LogP contribution in [0.4, 0.5) is 11.9 Å². The van der Waals surface area contributed by atoms with Crippen molar-refractivity contribution >= 4 is 11.9 Å². The maximum absolute atomic E-state index is 5.03. The van der Waals surface area contributed by atoms with E-state index in [1.165, 1.54) is 0 Å². The van der Waals surface area contributed by atoms with Gasteiger partial charge < -0.3 is 9.80 Å². The van der Waals surface area contributed by atoms with E-state index in [1.54, 1.807) is 0 Å². The molecule has 3 heterocycles. The van der Waals surface area contributed by atoms with Crippen molar-refractivity contribution in [3.63, 3.8) is 0 Å². The molecule has 0 amide bonds. The highest BCUT2D eigenvalue weighted by molar-refractivity contribution is 5.79. The zero-order chi connectivity index (χ0) is 28.1. The van der Waals surface area contributed by atoms with Gasteiger partial charge in [-0.15, -0.1) is 20.4 Å². The van der Waals surface area contributed by atoms with Crippen LogP contribution in [0, 0.1) is 0 Å². The average molecular weight is 549 g/mol. The van der Waals surface area contributed by atoms with Crippen LogP contribution in [0.5, 0.6) is 0 Å². The summed E-state index contributed by atoms with van der Waals surface area (Å²) in [4.78, 5) is 14.4. The lowest BCUT2D eigenvalue weighted by Crippen LogP contribution is -2.48. The van der Waals surface area contributed by atoms with Gasteiger partial charge in [0.15, 0.2) is 0 Å².